The minimum Gasteiger partial charge on any atom is -0.463 e. The van der Waals surface area contributed by atoms with Crippen LogP contribution in [0, 0.1) is 0 Å². The van der Waals surface area contributed by atoms with Gasteiger partial charge in [0, 0.05) is 25.7 Å². The zero-order valence-corrected chi connectivity index (χ0v) is 16.3. The van der Waals surface area contributed by atoms with Gasteiger partial charge in [-0.25, -0.2) is 0 Å². The molecule has 1 fully saturated rings. The van der Waals surface area contributed by atoms with E-state index in [9.17, 15) is 19.2 Å². The SMILES string of the molecule is CCC(=O)N[C@@H]1CO[C@H](COC(=O)CC)[C@@H](OC(=O)CC)[C@@H]1OC(=O)CC. The first-order chi connectivity index (χ1) is 12.9. The number of hydrogen-bond acceptors (Lipinski definition) is 8. The second kappa shape index (κ2) is 11.5. The maximum Gasteiger partial charge on any atom is 0.306 e. The lowest BCUT2D eigenvalue weighted by Crippen LogP contribution is -2.62. The van der Waals surface area contributed by atoms with Crippen LogP contribution in [0.4, 0.5) is 0 Å². The van der Waals surface area contributed by atoms with E-state index in [0.717, 1.165) is 0 Å². The molecule has 1 N–H and O–H groups in total. The summed E-state index contributed by atoms with van der Waals surface area (Å²) in [4.78, 5) is 47.1. The summed E-state index contributed by atoms with van der Waals surface area (Å²) in [6, 6.07) is -0.680. The van der Waals surface area contributed by atoms with E-state index in [1.165, 1.54) is 0 Å². The molecule has 1 aliphatic heterocycles. The monoisotopic (exact) mass is 387 g/mol. The molecule has 4 atom stereocenters. The lowest BCUT2D eigenvalue weighted by Gasteiger charge is -2.41. The van der Waals surface area contributed by atoms with Gasteiger partial charge in [0.1, 0.15) is 12.7 Å². The van der Waals surface area contributed by atoms with E-state index in [2.05, 4.69) is 5.32 Å². The van der Waals surface area contributed by atoms with E-state index in [1.807, 2.05) is 0 Å². The van der Waals surface area contributed by atoms with Crippen molar-refractivity contribution >= 4 is 23.8 Å². The van der Waals surface area contributed by atoms with Crippen LogP contribution in [0.2, 0.25) is 0 Å². The zero-order valence-electron chi connectivity index (χ0n) is 16.3. The molecule has 1 aliphatic rings. The van der Waals surface area contributed by atoms with E-state index in [4.69, 9.17) is 18.9 Å². The van der Waals surface area contributed by atoms with Gasteiger partial charge in [-0.05, 0) is 0 Å². The van der Waals surface area contributed by atoms with Crippen LogP contribution in [0.15, 0.2) is 0 Å². The van der Waals surface area contributed by atoms with Crippen molar-refractivity contribution in [1.82, 2.24) is 5.32 Å². The van der Waals surface area contributed by atoms with Crippen LogP contribution >= 0.6 is 0 Å². The average Bonchev–Trinajstić information content (AvgIpc) is 2.68. The summed E-state index contributed by atoms with van der Waals surface area (Å²) in [5.74, 6) is -1.70. The molecule has 0 unspecified atom stereocenters. The lowest BCUT2D eigenvalue weighted by atomic mass is 9.97. The first-order valence-corrected chi connectivity index (χ1v) is 9.31. The van der Waals surface area contributed by atoms with Gasteiger partial charge in [0.15, 0.2) is 12.2 Å². The molecule has 27 heavy (non-hydrogen) atoms. The first-order valence-electron chi connectivity index (χ1n) is 9.31. The first kappa shape index (κ1) is 22.9. The Hall–Kier alpha value is -2.16. The number of rotatable bonds is 9. The Balaban J connectivity index is 3.05. The molecule has 1 heterocycles. The number of nitrogens with one attached hydrogen (secondary N) is 1. The summed E-state index contributed by atoms with van der Waals surface area (Å²) in [5, 5.41) is 2.73. The summed E-state index contributed by atoms with van der Waals surface area (Å²) in [5.41, 5.74) is 0. The van der Waals surface area contributed by atoms with Crippen LogP contribution in [0.5, 0.6) is 0 Å². The molecule has 0 saturated carbocycles. The Bertz CT molecular complexity index is 535. The number of carbonyl (C=O) groups excluding carboxylic acids is 4. The Morgan fingerprint density at radius 3 is 1.93 bits per heavy atom. The van der Waals surface area contributed by atoms with Gasteiger partial charge in [-0.3, -0.25) is 19.2 Å². The highest BCUT2D eigenvalue weighted by Gasteiger charge is 2.46. The molecule has 1 rings (SSSR count). The molecular weight excluding hydrogens is 358 g/mol. The molecule has 1 amide bonds. The Labute approximate surface area is 159 Å². The molecule has 0 aromatic heterocycles. The largest absolute Gasteiger partial charge is 0.463 e. The van der Waals surface area contributed by atoms with Gasteiger partial charge in [-0.2, -0.15) is 0 Å². The standard InChI is InChI=1S/C18H29NO8/c1-5-13(20)19-11-9-24-12(10-25-14(21)6-2)18(27-16(23)8-4)17(11)26-15(22)7-3/h11-12,17-18H,5-10H2,1-4H3,(H,19,20)/t11-,12-,17-,18-/m1/s1. The second-order valence-electron chi connectivity index (χ2n) is 6.05. The third-order valence-electron chi connectivity index (χ3n) is 4.05. The number of amides is 1. The van der Waals surface area contributed by atoms with Crippen LogP contribution in [0.1, 0.15) is 53.4 Å². The fraction of sp³-hybridized carbons (Fsp3) is 0.778. The van der Waals surface area contributed by atoms with Gasteiger partial charge in [0.2, 0.25) is 5.91 Å². The number of carbonyl (C=O) groups is 4. The highest BCUT2D eigenvalue weighted by Crippen LogP contribution is 2.23. The molecule has 9 heteroatoms. The van der Waals surface area contributed by atoms with Crippen molar-refractivity contribution in [2.45, 2.75) is 77.7 Å². The van der Waals surface area contributed by atoms with Crippen LogP contribution in [0.3, 0.4) is 0 Å². The molecule has 0 radical (unpaired) electrons. The molecule has 1 saturated heterocycles. The third kappa shape index (κ3) is 7.16. The van der Waals surface area contributed by atoms with E-state index in [-0.39, 0.29) is 44.8 Å². The summed E-state index contributed by atoms with van der Waals surface area (Å²) >= 11 is 0. The van der Waals surface area contributed by atoms with Crippen LogP contribution in [0.25, 0.3) is 0 Å². The molecule has 0 aromatic carbocycles. The van der Waals surface area contributed by atoms with E-state index < -0.39 is 42.3 Å². The van der Waals surface area contributed by atoms with Gasteiger partial charge in [0.05, 0.1) is 12.6 Å². The number of hydrogen-bond donors (Lipinski definition) is 1. The van der Waals surface area contributed by atoms with Crippen molar-refractivity contribution in [3.05, 3.63) is 0 Å². The average molecular weight is 387 g/mol. The Kier molecular flexibility index (Phi) is 9.77. The summed E-state index contributed by atoms with van der Waals surface area (Å²) in [7, 11) is 0. The zero-order chi connectivity index (χ0) is 20.4. The maximum atomic E-state index is 11.9. The quantitative estimate of drug-likeness (QED) is 0.458. The molecule has 0 bridgehead atoms. The van der Waals surface area contributed by atoms with E-state index >= 15 is 0 Å². The van der Waals surface area contributed by atoms with E-state index in [0.29, 0.717) is 0 Å². The van der Waals surface area contributed by atoms with Crippen molar-refractivity contribution in [1.29, 1.82) is 0 Å². The Morgan fingerprint density at radius 1 is 0.852 bits per heavy atom. The predicted octanol–water partition coefficient (Wildman–Crippen LogP) is 0.877. The van der Waals surface area contributed by atoms with Crippen molar-refractivity contribution in [2.75, 3.05) is 13.2 Å². The van der Waals surface area contributed by atoms with Gasteiger partial charge in [0.25, 0.3) is 0 Å². The fourth-order valence-electron chi connectivity index (χ4n) is 2.47. The maximum absolute atomic E-state index is 11.9. The lowest BCUT2D eigenvalue weighted by molar-refractivity contribution is -0.209. The normalized spacial score (nSPS) is 24.6. The van der Waals surface area contributed by atoms with Crippen molar-refractivity contribution in [2.24, 2.45) is 0 Å². The third-order valence-corrected chi connectivity index (χ3v) is 4.05. The minimum absolute atomic E-state index is 0.0297. The van der Waals surface area contributed by atoms with Gasteiger partial charge in [-0.15, -0.1) is 0 Å². The minimum atomic E-state index is -1.01. The highest BCUT2D eigenvalue weighted by molar-refractivity contribution is 5.76. The molecule has 0 spiro atoms. The highest BCUT2D eigenvalue weighted by atomic mass is 16.6. The van der Waals surface area contributed by atoms with Crippen molar-refractivity contribution in [3.63, 3.8) is 0 Å². The smallest absolute Gasteiger partial charge is 0.306 e. The topological polar surface area (TPSA) is 117 Å². The molecule has 9 nitrogen and oxygen atoms in total. The van der Waals surface area contributed by atoms with Gasteiger partial charge in [-0.1, -0.05) is 27.7 Å². The molecule has 0 aliphatic carbocycles. The van der Waals surface area contributed by atoms with Crippen LogP contribution in [-0.2, 0) is 38.1 Å². The second-order valence-corrected chi connectivity index (χ2v) is 6.05. The van der Waals surface area contributed by atoms with Crippen LogP contribution in [-0.4, -0.2) is 61.4 Å². The van der Waals surface area contributed by atoms with Crippen molar-refractivity contribution in [3.8, 4) is 0 Å². The summed E-state index contributed by atoms with van der Waals surface area (Å²) in [6.07, 6.45) is -2.09. The number of esters is 3. The molecular formula is C18H29NO8. The number of ether oxygens (including phenoxy) is 4. The Morgan fingerprint density at radius 2 is 1.41 bits per heavy atom. The van der Waals surface area contributed by atoms with Crippen molar-refractivity contribution < 1.29 is 38.1 Å². The summed E-state index contributed by atoms with van der Waals surface area (Å²) < 4.78 is 21.7. The summed E-state index contributed by atoms with van der Waals surface area (Å²) in [6.45, 7) is 6.48. The fourth-order valence-corrected chi connectivity index (χ4v) is 2.47. The predicted molar refractivity (Wildman–Crippen MR) is 93.6 cm³/mol. The van der Waals surface area contributed by atoms with Crippen LogP contribution < -0.4 is 5.32 Å². The van der Waals surface area contributed by atoms with Gasteiger partial charge >= 0.3 is 17.9 Å². The van der Waals surface area contributed by atoms with E-state index in [1.54, 1.807) is 27.7 Å². The molecule has 154 valence electrons. The van der Waals surface area contributed by atoms with Gasteiger partial charge < -0.3 is 24.3 Å². The molecule has 0 aromatic rings.